The largest absolute Gasteiger partial charge is 0.268 e. The van der Waals surface area contributed by atoms with Crippen LogP contribution in [0.1, 0.15) is 39.0 Å². The molecule has 1 aromatic heterocycles. The second kappa shape index (κ2) is 3.63. The van der Waals surface area contributed by atoms with Crippen LogP contribution in [0.5, 0.6) is 0 Å². The molecule has 0 amide bonds. The minimum atomic E-state index is -0.125. The van der Waals surface area contributed by atoms with Crippen LogP contribution in [-0.2, 0) is 10.8 Å². The topological polar surface area (TPSA) is 37.8 Å². The Balaban J connectivity index is 2.46. The Hall–Kier alpha value is -1.29. The Labute approximate surface area is 120 Å². The lowest BCUT2D eigenvalue weighted by molar-refractivity contribution is 0.275. The third kappa shape index (κ3) is 1.52. The fraction of sp³-hybridized carbons (Fsp3) is 0.400. The van der Waals surface area contributed by atoms with Crippen LogP contribution in [0.4, 0.5) is 0 Å². The van der Waals surface area contributed by atoms with Crippen molar-refractivity contribution in [1.29, 1.82) is 0 Å². The van der Waals surface area contributed by atoms with E-state index < -0.39 is 0 Å². The van der Waals surface area contributed by atoms with Gasteiger partial charge in [-0.2, -0.15) is 0 Å². The average molecular weight is 321 g/mol. The van der Waals surface area contributed by atoms with E-state index in [2.05, 4.69) is 60.9 Å². The number of nitrogens with zero attached hydrogens (tertiary/aromatic N) is 1. The van der Waals surface area contributed by atoms with Crippen LogP contribution in [0.3, 0.4) is 0 Å². The Kier molecular flexibility index (Phi) is 2.43. The summed E-state index contributed by atoms with van der Waals surface area (Å²) in [6.07, 6.45) is 0. The number of benzene rings is 1. The zero-order valence-electron chi connectivity index (χ0n) is 11.5. The summed E-state index contributed by atoms with van der Waals surface area (Å²) in [7, 11) is 0. The fourth-order valence-corrected chi connectivity index (χ4v) is 3.26. The van der Waals surface area contributed by atoms with Crippen LogP contribution in [0, 0.1) is 0 Å². The molecular weight excluding hydrogens is 304 g/mol. The summed E-state index contributed by atoms with van der Waals surface area (Å²) in [4.78, 5) is 11.7. The second-order valence-corrected chi connectivity index (χ2v) is 7.17. The number of H-pyrrole nitrogens is 1. The van der Waals surface area contributed by atoms with Gasteiger partial charge in [-0.15, -0.1) is 0 Å². The summed E-state index contributed by atoms with van der Waals surface area (Å²) < 4.78 is 2.99. The average Bonchev–Trinajstić information content (AvgIpc) is 2.70. The number of hydrogen-bond donors (Lipinski definition) is 1. The third-order valence-electron chi connectivity index (χ3n) is 4.81. The van der Waals surface area contributed by atoms with Gasteiger partial charge in [0.25, 0.3) is 5.56 Å². The highest BCUT2D eigenvalue weighted by Gasteiger charge is 2.46. The van der Waals surface area contributed by atoms with Gasteiger partial charge in [0.05, 0.1) is 11.4 Å². The maximum Gasteiger partial charge on any atom is 0.264 e. The van der Waals surface area contributed by atoms with Crippen LogP contribution in [0.15, 0.2) is 33.5 Å². The van der Waals surface area contributed by atoms with E-state index in [0.29, 0.717) is 0 Å². The highest BCUT2D eigenvalue weighted by molar-refractivity contribution is 9.10. The molecule has 1 N–H and O–H groups in total. The van der Waals surface area contributed by atoms with Crippen molar-refractivity contribution in [1.82, 2.24) is 9.78 Å². The minimum Gasteiger partial charge on any atom is -0.268 e. The van der Waals surface area contributed by atoms with Crippen molar-refractivity contribution < 1.29 is 0 Å². The molecule has 0 radical (unpaired) electrons. The van der Waals surface area contributed by atoms with Gasteiger partial charge < -0.3 is 0 Å². The van der Waals surface area contributed by atoms with Crippen LogP contribution >= 0.6 is 15.9 Å². The Morgan fingerprint density at radius 1 is 1.11 bits per heavy atom. The number of fused-ring (bicyclic) bond motifs is 3. The summed E-state index contributed by atoms with van der Waals surface area (Å²) >= 11 is 3.54. The van der Waals surface area contributed by atoms with Crippen LogP contribution < -0.4 is 5.56 Å². The number of rotatable bonds is 0. The third-order valence-corrected chi connectivity index (χ3v) is 5.30. The first kappa shape index (κ1) is 12.7. The number of aromatic amines is 1. The van der Waals surface area contributed by atoms with Gasteiger partial charge in [0, 0.05) is 21.4 Å². The molecule has 0 spiro atoms. The lowest BCUT2D eigenvalue weighted by Gasteiger charge is -2.47. The molecule has 3 nitrogen and oxygen atoms in total. The zero-order valence-corrected chi connectivity index (χ0v) is 13.1. The molecule has 1 aliphatic rings. The number of nitrogens with one attached hydrogen (secondary N) is 1. The molecule has 3 rings (SSSR count). The van der Waals surface area contributed by atoms with Crippen molar-refractivity contribution in [3.63, 3.8) is 0 Å². The van der Waals surface area contributed by atoms with Crippen molar-refractivity contribution in [2.45, 2.75) is 38.5 Å². The van der Waals surface area contributed by atoms with Gasteiger partial charge in [-0.25, -0.2) is 0 Å². The first-order valence-electron chi connectivity index (χ1n) is 6.38. The molecule has 0 aliphatic carbocycles. The molecule has 2 aromatic rings. The molecule has 0 saturated carbocycles. The molecule has 0 atom stereocenters. The minimum absolute atomic E-state index is 0.0466. The van der Waals surface area contributed by atoms with E-state index in [1.807, 2.05) is 10.7 Å². The van der Waals surface area contributed by atoms with Gasteiger partial charge in [0.15, 0.2) is 0 Å². The predicted molar refractivity (Wildman–Crippen MR) is 80.1 cm³/mol. The fourth-order valence-electron chi connectivity index (χ4n) is 2.90. The molecule has 0 saturated heterocycles. The van der Waals surface area contributed by atoms with Gasteiger partial charge >= 0.3 is 0 Å². The normalized spacial score (nSPS) is 18.8. The van der Waals surface area contributed by atoms with Crippen LogP contribution in [-0.4, -0.2) is 9.78 Å². The Morgan fingerprint density at radius 3 is 2.47 bits per heavy atom. The number of aromatic nitrogens is 2. The van der Waals surface area contributed by atoms with E-state index >= 15 is 0 Å². The smallest absolute Gasteiger partial charge is 0.264 e. The van der Waals surface area contributed by atoms with Gasteiger partial charge in [-0.3, -0.25) is 14.6 Å². The standard InChI is InChI=1S/C15H17BrN2O/c1-14(2)10-7-9(16)5-6-11(10)18-12(15(14,3)4)8-13(19)17-18/h5-8H,1-4H3,(H,17,19). The van der Waals surface area contributed by atoms with E-state index in [4.69, 9.17) is 0 Å². The molecule has 100 valence electrons. The Morgan fingerprint density at radius 2 is 1.79 bits per heavy atom. The van der Waals surface area contributed by atoms with Crippen molar-refractivity contribution in [2.75, 3.05) is 0 Å². The Bertz CT molecular complexity index is 722. The lowest BCUT2D eigenvalue weighted by atomic mass is 9.60. The molecule has 1 aliphatic heterocycles. The van der Waals surface area contributed by atoms with Crippen LogP contribution in [0.2, 0.25) is 0 Å². The summed E-state index contributed by atoms with van der Waals surface area (Å²) in [5.74, 6) is 0. The maximum atomic E-state index is 11.7. The zero-order chi connectivity index (χ0) is 14.0. The highest BCUT2D eigenvalue weighted by Crippen LogP contribution is 2.49. The highest BCUT2D eigenvalue weighted by atomic mass is 79.9. The maximum absolute atomic E-state index is 11.7. The SMILES string of the molecule is CC1(C)c2cc(Br)ccc2-n2[nH]c(=O)cc2C1(C)C. The van der Waals surface area contributed by atoms with E-state index in [1.165, 1.54) is 5.56 Å². The molecule has 4 heteroatoms. The molecular formula is C15H17BrN2O. The van der Waals surface area contributed by atoms with E-state index in [0.717, 1.165) is 15.9 Å². The number of hydrogen-bond acceptors (Lipinski definition) is 1. The lowest BCUT2D eigenvalue weighted by Crippen LogP contribution is -2.45. The van der Waals surface area contributed by atoms with Gasteiger partial charge in [-0.05, 0) is 23.8 Å². The van der Waals surface area contributed by atoms with Crippen LogP contribution in [0.25, 0.3) is 5.69 Å². The summed E-state index contributed by atoms with van der Waals surface area (Å²) in [6, 6.07) is 7.93. The van der Waals surface area contributed by atoms with E-state index in [-0.39, 0.29) is 16.4 Å². The summed E-state index contributed by atoms with van der Waals surface area (Å²) in [5.41, 5.74) is 3.11. The van der Waals surface area contributed by atoms with Gasteiger partial charge in [-0.1, -0.05) is 43.6 Å². The van der Waals surface area contributed by atoms with Crippen molar-refractivity contribution in [3.05, 3.63) is 50.3 Å². The first-order valence-corrected chi connectivity index (χ1v) is 7.17. The summed E-state index contributed by atoms with van der Waals surface area (Å²) in [6.45, 7) is 8.85. The summed E-state index contributed by atoms with van der Waals surface area (Å²) in [5, 5.41) is 2.91. The molecule has 0 fully saturated rings. The van der Waals surface area contributed by atoms with Gasteiger partial charge in [0.1, 0.15) is 0 Å². The van der Waals surface area contributed by atoms with E-state index in [1.54, 1.807) is 6.07 Å². The first-order chi connectivity index (χ1) is 8.75. The molecule has 2 heterocycles. The molecule has 0 bridgehead atoms. The second-order valence-electron chi connectivity index (χ2n) is 6.25. The molecule has 19 heavy (non-hydrogen) atoms. The molecule has 1 aromatic carbocycles. The van der Waals surface area contributed by atoms with Crippen molar-refractivity contribution in [2.24, 2.45) is 0 Å². The van der Waals surface area contributed by atoms with Crippen molar-refractivity contribution >= 4 is 15.9 Å². The quantitative estimate of drug-likeness (QED) is 0.792. The van der Waals surface area contributed by atoms with Gasteiger partial charge in [0.2, 0.25) is 0 Å². The predicted octanol–water partition coefficient (Wildman–Crippen LogP) is 3.50. The van der Waals surface area contributed by atoms with E-state index in [9.17, 15) is 4.79 Å². The number of halogens is 1. The van der Waals surface area contributed by atoms with Crippen molar-refractivity contribution in [3.8, 4) is 5.69 Å². The monoisotopic (exact) mass is 320 g/mol. The molecule has 0 unspecified atom stereocenters.